The van der Waals surface area contributed by atoms with Crippen LogP contribution in [-0.4, -0.2) is 32.8 Å². The Morgan fingerprint density at radius 1 is 1.39 bits per heavy atom. The van der Waals surface area contributed by atoms with Crippen LogP contribution in [0, 0.1) is 6.92 Å². The third kappa shape index (κ3) is 5.03. The Morgan fingerprint density at radius 3 is 2.56 bits per heavy atom. The Balaban J connectivity index is 2.60. The van der Waals surface area contributed by atoms with E-state index >= 15 is 0 Å². The van der Waals surface area contributed by atoms with Gasteiger partial charge < -0.3 is 5.73 Å². The van der Waals surface area contributed by atoms with Gasteiger partial charge in [-0.1, -0.05) is 19.1 Å². The molecule has 0 saturated carbocycles. The number of nitrogens with one attached hydrogen (secondary N) is 1. The third-order valence-electron chi connectivity index (χ3n) is 2.68. The van der Waals surface area contributed by atoms with E-state index in [-0.39, 0.29) is 0 Å². The van der Waals surface area contributed by atoms with E-state index in [1.54, 1.807) is 5.01 Å². The molecule has 0 aliphatic heterocycles. The molecule has 0 atom stereocenters. The Hall–Kier alpha value is -1.11. The molecule has 0 aliphatic rings. The molecule has 18 heavy (non-hydrogen) atoms. The summed E-state index contributed by atoms with van der Waals surface area (Å²) < 4.78 is 22.3. The fourth-order valence-electron chi connectivity index (χ4n) is 1.66. The Bertz CT molecular complexity index is 500. The molecule has 0 spiro atoms. The summed E-state index contributed by atoms with van der Waals surface area (Å²) in [7, 11) is -3.20. The van der Waals surface area contributed by atoms with Crippen molar-refractivity contribution in [2.75, 3.05) is 25.1 Å². The number of rotatable bonds is 6. The second-order valence-corrected chi connectivity index (χ2v) is 6.11. The van der Waals surface area contributed by atoms with Gasteiger partial charge in [-0.05, 0) is 30.5 Å². The number of benzene rings is 1. The zero-order valence-corrected chi connectivity index (χ0v) is 11.9. The van der Waals surface area contributed by atoms with Gasteiger partial charge in [0, 0.05) is 18.8 Å². The molecule has 3 N–H and O–H groups in total. The molecule has 0 aliphatic carbocycles. The van der Waals surface area contributed by atoms with Gasteiger partial charge >= 0.3 is 0 Å². The van der Waals surface area contributed by atoms with Crippen LogP contribution in [0.25, 0.3) is 0 Å². The van der Waals surface area contributed by atoms with Gasteiger partial charge in [-0.2, -0.15) is 0 Å². The zero-order chi connectivity index (χ0) is 13.8. The molecular formula is C12H21N3O2S. The second kappa shape index (κ2) is 6.17. The molecule has 1 aromatic carbocycles. The summed E-state index contributed by atoms with van der Waals surface area (Å²) in [6.45, 7) is 5.13. The van der Waals surface area contributed by atoms with E-state index in [1.165, 1.54) is 0 Å². The average Bonchev–Trinajstić information content (AvgIpc) is 2.27. The fraction of sp³-hybridized carbons (Fsp3) is 0.500. The maximum absolute atomic E-state index is 11.1. The average molecular weight is 271 g/mol. The van der Waals surface area contributed by atoms with Crippen LogP contribution in [0.4, 0.5) is 5.69 Å². The van der Waals surface area contributed by atoms with Crippen molar-refractivity contribution in [3.63, 3.8) is 0 Å². The Kier molecular flexibility index (Phi) is 5.13. The monoisotopic (exact) mass is 271 g/mol. The number of hydrogen-bond donors (Lipinski definition) is 2. The summed E-state index contributed by atoms with van der Waals surface area (Å²) in [4.78, 5) is 2.48. The summed E-state index contributed by atoms with van der Waals surface area (Å²) in [6, 6.07) is 5.88. The number of aryl methyl sites for hydroxylation is 1. The number of likely N-dealkylation sites (N-methyl/N-ethyl adjacent to an activating group) is 1. The van der Waals surface area contributed by atoms with Crippen LogP contribution in [0.2, 0.25) is 0 Å². The highest BCUT2D eigenvalue weighted by atomic mass is 32.2. The van der Waals surface area contributed by atoms with Gasteiger partial charge in [-0.3, -0.25) is 0 Å². The maximum atomic E-state index is 11.1. The predicted molar refractivity (Wildman–Crippen MR) is 74.5 cm³/mol. The first kappa shape index (κ1) is 14.9. The van der Waals surface area contributed by atoms with Crippen molar-refractivity contribution in [2.45, 2.75) is 20.3 Å². The van der Waals surface area contributed by atoms with Gasteiger partial charge in [-0.25, -0.2) is 13.4 Å². The first-order valence-corrected chi connectivity index (χ1v) is 7.78. The van der Waals surface area contributed by atoms with Gasteiger partial charge in [0.25, 0.3) is 0 Å². The lowest BCUT2D eigenvalue weighted by Crippen LogP contribution is -2.42. The molecule has 5 nitrogen and oxygen atoms in total. The minimum absolute atomic E-state index is 0.626. The number of hydrazine groups is 1. The smallest absolute Gasteiger partial charge is 0.221 e. The van der Waals surface area contributed by atoms with Gasteiger partial charge in [-0.15, -0.1) is 4.83 Å². The van der Waals surface area contributed by atoms with Crippen molar-refractivity contribution < 1.29 is 8.42 Å². The van der Waals surface area contributed by atoms with Crippen molar-refractivity contribution in [3.05, 3.63) is 29.3 Å². The molecular weight excluding hydrogens is 250 g/mol. The highest BCUT2D eigenvalue weighted by Gasteiger charge is 2.08. The molecule has 0 aromatic heterocycles. The molecule has 0 unspecified atom stereocenters. The van der Waals surface area contributed by atoms with Crippen LogP contribution in [0.1, 0.15) is 18.1 Å². The minimum atomic E-state index is -3.20. The number of hydrogen-bond acceptors (Lipinski definition) is 4. The lowest BCUT2D eigenvalue weighted by Gasteiger charge is -2.20. The molecule has 0 amide bonds. The van der Waals surface area contributed by atoms with Gasteiger partial charge in [0.1, 0.15) is 0 Å². The number of nitrogens with zero attached hydrogens (tertiary/aromatic N) is 1. The molecule has 0 heterocycles. The van der Waals surface area contributed by atoms with E-state index in [1.807, 2.05) is 32.0 Å². The Morgan fingerprint density at radius 2 is 2.06 bits per heavy atom. The van der Waals surface area contributed by atoms with Crippen molar-refractivity contribution in [2.24, 2.45) is 0 Å². The highest BCUT2D eigenvalue weighted by molar-refractivity contribution is 7.88. The van der Waals surface area contributed by atoms with Crippen LogP contribution in [0.15, 0.2) is 18.2 Å². The molecule has 1 aromatic rings. The van der Waals surface area contributed by atoms with Crippen molar-refractivity contribution in [1.82, 2.24) is 9.84 Å². The van der Waals surface area contributed by atoms with E-state index in [4.69, 9.17) is 5.73 Å². The molecule has 1 rings (SSSR count). The van der Waals surface area contributed by atoms with Gasteiger partial charge in [0.2, 0.25) is 10.0 Å². The quantitative estimate of drug-likeness (QED) is 0.595. The minimum Gasteiger partial charge on any atom is -0.399 e. The van der Waals surface area contributed by atoms with Crippen molar-refractivity contribution >= 4 is 15.7 Å². The molecule has 0 fully saturated rings. The third-order valence-corrected chi connectivity index (χ3v) is 3.27. The number of sulfonamides is 1. The lowest BCUT2D eigenvalue weighted by molar-refractivity contribution is 0.257. The van der Waals surface area contributed by atoms with Gasteiger partial charge in [0.15, 0.2) is 0 Å². The molecule has 102 valence electrons. The number of anilines is 1. The van der Waals surface area contributed by atoms with Crippen LogP contribution >= 0.6 is 0 Å². The molecule has 0 bridgehead atoms. The van der Waals surface area contributed by atoms with Gasteiger partial charge in [0.05, 0.1) is 6.26 Å². The number of nitrogens with two attached hydrogens (primary N) is 1. The fourth-order valence-corrected chi connectivity index (χ4v) is 2.35. The van der Waals surface area contributed by atoms with Crippen molar-refractivity contribution in [1.29, 1.82) is 0 Å². The standard InChI is InChI=1S/C12H21N3O2S/c1-4-15(14-18(3,16)17)8-7-11-5-6-12(13)10(2)9-11/h5-6,9,14H,4,7-8,13H2,1-3H3. The highest BCUT2D eigenvalue weighted by Crippen LogP contribution is 2.13. The van der Waals surface area contributed by atoms with Crippen LogP contribution < -0.4 is 10.6 Å². The SMILES string of the molecule is CCN(CCc1ccc(N)c(C)c1)NS(C)(=O)=O. The molecule has 0 saturated heterocycles. The van der Waals surface area contributed by atoms with Crippen LogP contribution in [-0.2, 0) is 16.4 Å². The van der Waals surface area contributed by atoms with Crippen LogP contribution in [0.5, 0.6) is 0 Å². The first-order chi connectivity index (χ1) is 8.31. The molecule has 0 radical (unpaired) electrons. The molecule has 6 heteroatoms. The largest absolute Gasteiger partial charge is 0.399 e. The predicted octanol–water partition coefficient (Wildman–Crippen LogP) is 0.906. The van der Waals surface area contributed by atoms with Crippen LogP contribution in [0.3, 0.4) is 0 Å². The number of nitrogen functional groups attached to an aromatic ring is 1. The Labute approximate surface area is 109 Å². The summed E-state index contributed by atoms with van der Waals surface area (Å²) in [5.41, 5.74) is 8.73. The van der Waals surface area contributed by atoms with E-state index in [0.29, 0.717) is 13.1 Å². The van der Waals surface area contributed by atoms with Crippen molar-refractivity contribution in [3.8, 4) is 0 Å². The summed E-state index contributed by atoms with van der Waals surface area (Å²) >= 11 is 0. The zero-order valence-electron chi connectivity index (χ0n) is 11.1. The van der Waals surface area contributed by atoms with E-state index in [0.717, 1.165) is 29.5 Å². The van der Waals surface area contributed by atoms with E-state index in [2.05, 4.69) is 4.83 Å². The second-order valence-electron chi connectivity index (χ2n) is 4.38. The summed E-state index contributed by atoms with van der Waals surface area (Å²) in [5, 5.41) is 1.68. The van der Waals surface area contributed by atoms with E-state index in [9.17, 15) is 8.42 Å². The normalized spacial score (nSPS) is 12.0. The maximum Gasteiger partial charge on any atom is 0.221 e. The first-order valence-electron chi connectivity index (χ1n) is 5.89. The summed E-state index contributed by atoms with van der Waals surface area (Å²) in [5.74, 6) is 0. The summed E-state index contributed by atoms with van der Waals surface area (Å²) in [6.07, 6.45) is 1.93. The lowest BCUT2D eigenvalue weighted by atomic mass is 10.1. The van der Waals surface area contributed by atoms with E-state index < -0.39 is 10.0 Å². The topological polar surface area (TPSA) is 75.4 Å².